The molecule has 1 aliphatic rings. The molecule has 2 atom stereocenters. The van der Waals surface area contributed by atoms with Gasteiger partial charge in [-0.3, -0.25) is 9.79 Å². The summed E-state index contributed by atoms with van der Waals surface area (Å²) in [6, 6.07) is -1.76. The zero-order valence-electron chi connectivity index (χ0n) is 23.1. The highest BCUT2D eigenvalue weighted by molar-refractivity contribution is 7.90. The van der Waals surface area contributed by atoms with Gasteiger partial charge in [0.1, 0.15) is 17.4 Å². The van der Waals surface area contributed by atoms with Crippen LogP contribution in [0.2, 0.25) is 0 Å². The Labute approximate surface area is 225 Å². The third-order valence-corrected chi connectivity index (χ3v) is 8.30. The predicted octanol–water partition coefficient (Wildman–Crippen LogP) is 1.65. The van der Waals surface area contributed by atoms with Gasteiger partial charge in [0, 0.05) is 6.54 Å². The van der Waals surface area contributed by atoms with Crippen LogP contribution >= 0.6 is 0 Å². The summed E-state index contributed by atoms with van der Waals surface area (Å²) in [5, 5.41) is 2.54. The minimum absolute atomic E-state index is 0.145. The monoisotopic (exact) mass is 551 g/mol. The molecule has 0 fully saturated rings. The topological polar surface area (TPSA) is 175 Å². The fraction of sp³-hybridized carbons (Fsp3) is 0.577. The average Bonchev–Trinajstić information content (AvgIpc) is 2.83. The van der Waals surface area contributed by atoms with Crippen molar-refractivity contribution in [3.63, 3.8) is 0 Å². The van der Waals surface area contributed by atoms with Crippen LogP contribution in [0.15, 0.2) is 22.5 Å². The van der Waals surface area contributed by atoms with Crippen molar-refractivity contribution in [2.45, 2.75) is 89.3 Å². The number of nitrogens with one attached hydrogen (secondary N) is 2. The van der Waals surface area contributed by atoms with E-state index >= 15 is 0 Å². The van der Waals surface area contributed by atoms with E-state index in [1.54, 1.807) is 13.8 Å². The van der Waals surface area contributed by atoms with Gasteiger partial charge in [0.2, 0.25) is 11.9 Å². The van der Waals surface area contributed by atoms with Gasteiger partial charge < -0.3 is 26.3 Å². The van der Waals surface area contributed by atoms with Crippen molar-refractivity contribution in [3.8, 4) is 5.75 Å². The second-order valence-electron chi connectivity index (χ2n) is 10.1. The summed E-state index contributed by atoms with van der Waals surface area (Å²) in [5.74, 6) is -0.613. The first kappa shape index (κ1) is 31.1. The molecule has 2 rings (SSSR count). The number of hydrogen-bond donors (Lipinski definition) is 4. The number of amides is 1. The second kappa shape index (κ2) is 12.6. The number of hydrogen-bond acceptors (Lipinski definition) is 8. The molecular formula is C26H41N5O6S. The number of nitrogens with two attached hydrogens (primary N) is 2. The molecule has 38 heavy (non-hydrogen) atoms. The van der Waals surface area contributed by atoms with E-state index in [4.69, 9.17) is 16.2 Å². The Bertz CT molecular complexity index is 1210. The standard InChI is InChI=1S/C26H41N5O6S/c1-8-10-20(24(33)36-7)30-23(32)19(27)11-9-14-29-25(28)31-38(34,35)22-16(3)15(2)21-18(17(22)4)12-13-26(5,6)37-21/h8,19-20H,1,9-14,27H2,2-7H3,(H,30,32)(H3,28,29,31)/t19-,20-/m0/s1. The van der Waals surface area contributed by atoms with Crippen LogP contribution < -0.4 is 26.2 Å². The van der Waals surface area contributed by atoms with E-state index in [9.17, 15) is 18.0 Å². The number of fused-ring (bicyclic) bond motifs is 1. The molecule has 0 aromatic heterocycles. The lowest BCUT2D eigenvalue weighted by atomic mass is 9.88. The van der Waals surface area contributed by atoms with Gasteiger partial charge in [-0.2, -0.15) is 0 Å². The number of sulfonamides is 1. The van der Waals surface area contributed by atoms with Crippen LogP contribution in [0, 0.1) is 20.8 Å². The number of rotatable bonds is 11. The lowest BCUT2D eigenvalue weighted by Gasteiger charge is -2.35. The summed E-state index contributed by atoms with van der Waals surface area (Å²) in [5.41, 5.74) is 14.4. The van der Waals surface area contributed by atoms with Crippen molar-refractivity contribution < 1.29 is 27.5 Å². The molecule has 12 heteroatoms. The Balaban J connectivity index is 2.04. The summed E-state index contributed by atoms with van der Waals surface area (Å²) in [4.78, 5) is 28.3. The van der Waals surface area contributed by atoms with Crippen molar-refractivity contribution in [1.29, 1.82) is 0 Å². The molecule has 1 amide bonds. The predicted molar refractivity (Wildman–Crippen MR) is 146 cm³/mol. The van der Waals surface area contributed by atoms with Crippen molar-refractivity contribution in [2.24, 2.45) is 16.5 Å². The lowest BCUT2D eigenvalue weighted by molar-refractivity contribution is -0.145. The van der Waals surface area contributed by atoms with Gasteiger partial charge >= 0.3 is 5.97 Å². The number of carbonyl (C=O) groups excluding carboxylic acids is 2. The number of benzene rings is 1. The highest BCUT2D eigenvalue weighted by atomic mass is 32.2. The van der Waals surface area contributed by atoms with Crippen molar-refractivity contribution in [2.75, 3.05) is 13.7 Å². The van der Waals surface area contributed by atoms with E-state index in [0.717, 1.165) is 23.3 Å². The van der Waals surface area contributed by atoms with Crippen LogP contribution in [0.5, 0.6) is 5.75 Å². The SMILES string of the molecule is C=CC[C@H](NC(=O)[C@@H](N)CCCN=C(N)NS(=O)(=O)c1c(C)c(C)c2c(c1C)CCC(C)(C)O2)C(=O)OC. The van der Waals surface area contributed by atoms with Crippen molar-refractivity contribution in [1.82, 2.24) is 10.0 Å². The van der Waals surface area contributed by atoms with Gasteiger partial charge in [0.25, 0.3) is 10.0 Å². The van der Waals surface area contributed by atoms with Crippen molar-refractivity contribution in [3.05, 3.63) is 34.9 Å². The number of esters is 1. The minimum Gasteiger partial charge on any atom is -0.487 e. The van der Waals surface area contributed by atoms with Crippen LogP contribution in [0.1, 0.15) is 61.8 Å². The molecule has 0 bridgehead atoms. The maximum atomic E-state index is 13.3. The number of nitrogens with zero attached hydrogens (tertiary/aromatic N) is 1. The fourth-order valence-corrected chi connectivity index (χ4v) is 5.94. The quantitative estimate of drug-likeness (QED) is 0.106. The van der Waals surface area contributed by atoms with Crippen LogP contribution in [-0.2, 0) is 30.8 Å². The summed E-state index contributed by atoms with van der Waals surface area (Å²) in [7, 11) is -2.78. The summed E-state index contributed by atoms with van der Waals surface area (Å²) in [6.07, 6.45) is 3.80. The van der Waals surface area contributed by atoms with Crippen molar-refractivity contribution >= 4 is 27.9 Å². The lowest BCUT2D eigenvalue weighted by Crippen LogP contribution is -2.48. The minimum atomic E-state index is -4.00. The molecular weight excluding hydrogens is 510 g/mol. The molecule has 11 nitrogen and oxygen atoms in total. The summed E-state index contributed by atoms with van der Waals surface area (Å²) < 4.78 is 39.8. The Morgan fingerprint density at radius 3 is 2.50 bits per heavy atom. The Morgan fingerprint density at radius 2 is 1.89 bits per heavy atom. The smallest absolute Gasteiger partial charge is 0.328 e. The third-order valence-electron chi connectivity index (χ3n) is 6.67. The second-order valence-corrected chi connectivity index (χ2v) is 11.7. The highest BCUT2D eigenvalue weighted by Crippen LogP contribution is 2.42. The van der Waals surface area contributed by atoms with E-state index in [1.807, 2.05) is 20.8 Å². The van der Waals surface area contributed by atoms with Crippen LogP contribution in [0.3, 0.4) is 0 Å². The van der Waals surface area contributed by atoms with Gasteiger partial charge in [-0.1, -0.05) is 6.08 Å². The number of ether oxygens (including phenoxy) is 2. The van der Waals surface area contributed by atoms with Gasteiger partial charge in [-0.15, -0.1) is 6.58 Å². The van der Waals surface area contributed by atoms with Crippen LogP contribution in [0.4, 0.5) is 0 Å². The molecule has 1 heterocycles. The van der Waals surface area contributed by atoms with E-state index in [1.165, 1.54) is 13.2 Å². The molecule has 1 aliphatic heterocycles. The first-order valence-corrected chi connectivity index (χ1v) is 14.0. The largest absolute Gasteiger partial charge is 0.487 e. The first-order valence-electron chi connectivity index (χ1n) is 12.5. The third kappa shape index (κ3) is 7.47. The first-order chi connectivity index (χ1) is 17.6. The molecule has 0 saturated heterocycles. The van der Waals surface area contributed by atoms with Gasteiger partial charge in [-0.25, -0.2) is 17.9 Å². The number of carbonyl (C=O) groups is 2. The number of aliphatic imine (C=N–C) groups is 1. The zero-order chi connectivity index (χ0) is 28.8. The molecule has 6 N–H and O–H groups in total. The fourth-order valence-electron chi connectivity index (χ4n) is 4.42. The Morgan fingerprint density at radius 1 is 1.24 bits per heavy atom. The normalized spacial score (nSPS) is 16.4. The van der Waals surface area contributed by atoms with E-state index in [-0.39, 0.29) is 35.8 Å². The summed E-state index contributed by atoms with van der Waals surface area (Å²) >= 11 is 0. The molecule has 1 aromatic carbocycles. The number of guanidine groups is 1. The van der Waals surface area contributed by atoms with Gasteiger partial charge in [0.05, 0.1) is 18.0 Å². The highest BCUT2D eigenvalue weighted by Gasteiger charge is 2.33. The average molecular weight is 552 g/mol. The summed E-state index contributed by atoms with van der Waals surface area (Å²) in [6.45, 7) is 13.1. The maximum Gasteiger partial charge on any atom is 0.328 e. The zero-order valence-corrected chi connectivity index (χ0v) is 24.0. The van der Waals surface area contributed by atoms with Gasteiger partial charge in [-0.05, 0) is 89.0 Å². The van der Waals surface area contributed by atoms with E-state index in [0.29, 0.717) is 24.0 Å². The van der Waals surface area contributed by atoms with Crippen LogP contribution in [-0.4, -0.2) is 57.6 Å². The van der Waals surface area contributed by atoms with E-state index in [2.05, 4.69) is 26.3 Å². The Kier molecular flexibility index (Phi) is 10.3. The van der Waals surface area contributed by atoms with Gasteiger partial charge in [0.15, 0.2) is 0 Å². The molecule has 0 radical (unpaired) electrons. The Hall–Kier alpha value is -3.12. The molecule has 212 valence electrons. The van der Waals surface area contributed by atoms with Crippen LogP contribution in [0.25, 0.3) is 0 Å². The molecule has 0 aliphatic carbocycles. The van der Waals surface area contributed by atoms with E-state index < -0.39 is 34.0 Å². The molecule has 1 aromatic rings. The molecule has 0 unspecified atom stereocenters. The molecule has 0 spiro atoms. The maximum absolute atomic E-state index is 13.3. The molecule has 0 saturated carbocycles. The number of methoxy groups -OCH3 is 1.